The minimum absolute atomic E-state index is 0.0647. The van der Waals surface area contributed by atoms with E-state index in [9.17, 15) is 0 Å². The zero-order valence-electron chi connectivity index (χ0n) is 24.3. The number of hydrogen-bond donors (Lipinski definition) is 1. The van der Waals surface area contributed by atoms with Crippen molar-refractivity contribution >= 4 is 41.3 Å². The van der Waals surface area contributed by atoms with Crippen molar-refractivity contribution < 1.29 is 25.0 Å². The first-order valence-electron chi connectivity index (χ1n) is 14.1. The molecule has 3 aromatic rings. The third-order valence-corrected chi connectivity index (χ3v) is 10.4. The van der Waals surface area contributed by atoms with Crippen LogP contribution in [0.15, 0.2) is 78.9 Å². The van der Waals surface area contributed by atoms with E-state index < -0.39 is 0 Å². The Kier molecular flexibility index (Phi) is 9.55. The van der Waals surface area contributed by atoms with Crippen LogP contribution in [0.4, 0.5) is 0 Å². The van der Waals surface area contributed by atoms with Gasteiger partial charge in [-0.15, -0.1) is 12.8 Å². The van der Waals surface area contributed by atoms with Crippen molar-refractivity contribution in [3.8, 4) is 24.0 Å². The molecule has 206 valence electrons. The van der Waals surface area contributed by atoms with Gasteiger partial charge in [-0.3, -0.25) is 0 Å². The predicted molar refractivity (Wildman–Crippen MR) is 176 cm³/mol. The molecule has 3 atom stereocenters. The van der Waals surface area contributed by atoms with Crippen LogP contribution in [-0.4, -0.2) is 7.76 Å². The summed E-state index contributed by atoms with van der Waals surface area (Å²) in [7, 11) is 0. The maximum atomic E-state index is 4.77. The Hall–Kier alpha value is -2.53. The molecule has 0 amide bonds. The van der Waals surface area contributed by atoms with Crippen molar-refractivity contribution in [3.63, 3.8) is 0 Å². The van der Waals surface area contributed by atoms with E-state index in [-0.39, 0.29) is 16.1 Å². The molecule has 1 heterocycles. The van der Waals surface area contributed by atoms with Gasteiger partial charge >= 0.3 is 224 Å². The Morgan fingerprint density at radius 2 is 1.62 bits per heavy atom. The monoisotopic (exact) mass is 740 g/mol. The topological polar surface area (TPSA) is 4.93 Å². The van der Waals surface area contributed by atoms with E-state index in [0.717, 1.165) is 6.42 Å². The van der Waals surface area contributed by atoms with Gasteiger partial charge in [0.15, 0.2) is 0 Å². The molecule has 0 spiro atoms. The summed E-state index contributed by atoms with van der Waals surface area (Å²) in [6.07, 6.45) is 32.2. The summed E-state index contributed by atoms with van der Waals surface area (Å²) in [6, 6.07) is 14.0. The zero-order valence-corrected chi connectivity index (χ0v) is 28.1. The van der Waals surface area contributed by atoms with Gasteiger partial charge in [-0.2, -0.15) is 0 Å². The average Bonchev–Trinajstić information content (AvgIpc) is 3.09. The van der Waals surface area contributed by atoms with Gasteiger partial charge in [0.2, 0.25) is 0 Å². The molecular formula is C37H40AtNS. The Morgan fingerprint density at radius 3 is 2.33 bits per heavy atom. The molecule has 3 unspecified atom stereocenters. The summed E-state index contributed by atoms with van der Waals surface area (Å²) in [4.78, 5) is 0. The van der Waals surface area contributed by atoms with E-state index in [0.29, 0.717) is 0 Å². The summed E-state index contributed by atoms with van der Waals surface area (Å²) < 4.78 is 2.37. The first-order valence-corrected chi connectivity index (χ1v) is 16.0. The van der Waals surface area contributed by atoms with E-state index in [1.54, 1.807) is 25.0 Å². The first-order chi connectivity index (χ1) is 19.2. The van der Waals surface area contributed by atoms with E-state index in [4.69, 9.17) is 12.6 Å². The Bertz CT molecular complexity index is 1570. The Morgan fingerprint density at radius 1 is 0.925 bits per heavy atom. The summed E-state index contributed by atoms with van der Waals surface area (Å²) in [6.45, 7) is 11.3. The van der Waals surface area contributed by atoms with E-state index >= 15 is 0 Å². The number of thiol groups is 1. The van der Waals surface area contributed by atoms with E-state index in [1.165, 1.54) is 62.8 Å². The molecule has 0 bridgehead atoms. The zero-order chi connectivity index (χ0) is 29.1. The molecule has 0 saturated carbocycles. The van der Waals surface area contributed by atoms with Crippen molar-refractivity contribution in [2.45, 2.75) is 59.1 Å². The SMILES string of the molecule is C#C.CCCC1(C)C=CC=C(c2cc(-c3ccc4c(c3)c3c(n4[At])C=CC(C)(C(C)S)C=C3)ccc2CC)C=C1. The van der Waals surface area contributed by atoms with Crippen LogP contribution in [0.25, 0.3) is 39.8 Å². The van der Waals surface area contributed by atoms with Crippen LogP contribution in [0.1, 0.15) is 69.8 Å². The van der Waals surface area contributed by atoms with Gasteiger partial charge in [-0.25, -0.2) is 0 Å². The minimum atomic E-state index is -0.0647. The van der Waals surface area contributed by atoms with Gasteiger partial charge in [-0.05, 0) is 6.42 Å². The Labute approximate surface area is 262 Å². The molecule has 2 aliphatic rings. The fourth-order valence-corrected chi connectivity index (χ4v) is 6.96. The number of fused-ring (bicyclic) bond motifs is 3. The van der Waals surface area contributed by atoms with Gasteiger partial charge in [0.1, 0.15) is 0 Å². The predicted octanol–water partition coefficient (Wildman–Crippen LogP) is 10.1. The van der Waals surface area contributed by atoms with Gasteiger partial charge < -0.3 is 0 Å². The van der Waals surface area contributed by atoms with Crippen LogP contribution in [0.5, 0.6) is 0 Å². The van der Waals surface area contributed by atoms with Gasteiger partial charge in [0, 0.05) is 0 Å². The van der Waals surface area contributed by atoms with Crippen LogP contribution in [0.3, 0.4) is 0 Å². The number of benzene rings is 2. The fourth-order valence-electron chi connectivity index (χ4n) is 5.64. The van der Waals surface area contributed by atoms with Crippen molar-refractivity contribution in [2.75, 3.05) is 0 Å². The van der Waals surface area contributed by atoms with Crippen molar-refractivity contribution in [2.24, 2.45) is 10.8 Å². The maximum absolute atomic E-state index is 4.77. The normalized spacial score (nSPS) is 22.2. The molecule has 0 aliphatic heterocycles. The third kappa shape index (κ3) is 5.91. The second kappa shape index (κ2) is 12.6. The molecule has 0 N–H and O–H groups in total. The van der Waals surface area contributed by atoms with Crippen LogP contribution in [0.2, 0.25) is 0 Å². The summed E-state index contributed by atoms with van der Waals surface area (Å²) in [5, 5.41) is 1.55. The standard InChI is InChI=1S/C35H38AtNS.C2H2/c1-6-17-34(4)18-8-9-26(14-19-34)30-22-27(11-10-25(30)7-2)28-12-13-32-31(23-28)29-15-20-35(5,24(3)38)21-16-33(29)37(32)36;1-2/h8-16,18-24,38H,6-7,17H2,1-5H3;1-2H. The average molecular weight is 741 g/mol. The molecule has 3 heteroatoms. The van der Waals surface area contributed by atoms with Crippen molar-refractivity contribution in [3.05, 3.63) is 101 Å². The molecule has 1 aromatic heterocycles. The molecule has 5 rings (SSSR count). The fraction of sp³-hybridized carbons (Fsp3) is 0.297. The number of hydrogen-bond acceptors (Lipinski definition) is 1. The Balaban J connectivity index is 0.00000181. The second-order valence-electron chi connectivity index (χ2n) is 11.3. The number of rotatable bonds is 6. The molecule has 0 radical (unpaired) electrons. The molecule has 2 aromatic carbocycles. The molecule has 40 heavy (non-hydrogen) atoms. The number of nitrogens with zero attached hydrogens (tertiary/aromatic N) is 1. The number of allylic oxidation sites excluding steroid dienone is 8. The van der Waals surface area contributed by atoms with Crippen molar-refractivity contribution in [1.29, 1.82) is 0 Å². The summed E-state index contributed by atoms with van der Waals surface area (Å²) >= 11 is 6.45. The third-order valence-electron chi connectivity index (χ3n) is 8.42. The summed E-state index contributed by atoms with van der Waals surface area (Å²) in [5.41, 5.74) is 10.5. The van der Waals surface area contributed by atoms with E-state index in [1.807, 2.05) is 0 Å². The number of terminal acetylenes is 1. The van der Waals surface area contributed by atoms with Gasteiger partial charge in [0.25, 0.3) is 0 Å². The van der Waals surface area contributed by atoms with E-state index in [2.05, 4.69) is 141 Å². The number of aryl methyl sites for hydroxylation is 1. The molecule has 0 saturated heterocycles. The quantitative estimate of drug-likeness (QED) is 0.190. The van der Waals surface area contributed by atoms with Crippen molar-refractivity contribution in [1.82, 2.24) is 2.51 Å². The molecule has 0 fully saturated rings. The first kappa shape index (κ1) is 30.4. The van der Waals surface area contributed by atoms with Crippen LogP contribution in [0, 0.1) is 48.7 Å². The number of aromatic nitrogens is 1. The van der Waals surface area contributed by atoms with Crippen LogP contribution < -0.4 is 0 Å². The van der Waals surface area contributed by atoms with Gasteiger partial charge in [0.05, 0.1) is 0 Å². The summed E-state index contributed by atoms with van der Waals surface area (Å²) in [5.74, 6) is 0. The molecule has 1 nitrogen and oxygen atoms in total. The molecule has 2 aliphatic carbocycles. The molecular weight excluding hydrogens is 700 g/mol. The van der Waals surface area contributed by atoms with Crippen LogP contribution >= 0.6 is 12.6 Å². The second-order valence-corrected chi connectivity index (χ2v) is 13.4. The van der Waals surface area contributed by atoms with Crippen LogP contribution in [-0.2, 0) is 6.42 Å². The van der Waals surface area contributed by atoms with Gasteiger partial charge in [-0.1, -0.05) is 20.3 Å².